The molecule has 0 aromatic carbocycles. The third-order valence-electron chi connectivity index (χ3n) is 3.67. The van der Waals surface area contributed by atoms with E-state index in [9.17, 15) is 14.3 Å². The van der Waals surface area contributed by atoms with E-state index in [1.165, 1.54) is 38.5 Å². The zero-order valence-electron chi connectivity index (χ0n) is 13.5. The Morgan fingerprint density at radius 3 is 1.62 bits per heavy atom. The molecule has 2 nitrogen and oxygen atoms in total. The molecule has 0 aliphatic carbocycles. The van der Waals surface area contributed by atoms with Gasteiger partial charge in [0.1, 0.15) is 0 Å². The number of rotatable bonds is 16. The van der Waals surface area contributed by atoms with Crippen molar-refractivity contribution in [3.63, 3.8) is 0 Å². The van der Waals surface area contributed by atoms with Gasteiger partial charge in [0.15, 0.2) is 0 Å². The van der Waals surface area contributed by atoms with Crippen molar-refractivity contribution in [2.75, 3.05) is 6.67 Å². The third-order valence-corrected chi connectivity index (χ3v) is 3.67. The second-order valence-electron chi connectivity index (χ2n) is 5.75. The third kappa shape index (κ3) is 19.1. The number of alkyl halides is 1. The zero-order valence-corrected chi connectivity index (χ0v) is 13.5. The van der Waals surface area contributed by atoms with E-state index in [2.05, 4.69) is 12.2 Å². The Balaban J connectivity index is 3.07. The Labute approximate surface area is 129 Å². The molecule has 0 heterocycles. The van der Waals surface area contributed by atoms with Crippen LogP contribution in [0, 0.1) is 0 Å². The van der Waals surface area contributed by atoms with Gasteiger partial charge in [-0.15, -0.1) is 0 Å². The van der Waals surface area contributed by atoms with Crippen LogP contribution in [0.3, 0.4) is 0 Å². The topological polar surface area (TPSA) is 40.1 Å². The van der Waals surface area contributed by atoms with Crippen LogP contribution in [-0.2, 0) is 4.79 Å². The number of carbonyl (C=O) groups is 1. The van der Waals surface area contributed by atoms with Crippen LogP contribution in [0.15, 0.2) is 12.2 Å². The Morgan fingerprint density at radius 1 is 0.714 bits per heavy atom. The highest BCUT2D eigenvalue weighted by Gasteiger charge is 1.92. The first-order valence-electron chi connectivity index (χ1n) is 8.68. The molecule has 0 radical (unpaired) electrons. The molecule has 124 valence electrons. The van der Waals surface area contributed by atoms with Gasteiger partial charge in [-0.25, -0.2) is 0 Å². The molecule has 0 spiro atoms. The van der Waals surface area contributed by atoms with Crippen molar-refractivity contribution < 1.29 is 14.3 Å². The van der Waals surface area contributed by atoms with Crippen molar-refractivity contribution >= 4 is 5.97 Å². The summed E-state index contributed by atoms with van der Waals surface area (Å²) < 4.78 is 11.9. The number of carbonyl (C=O) groups excluding carboxylic acids is 1. The maximum Gasteiger partial charge on any atom is 0.0894 e. The van der Waals surface area contributed by atoms with Crippen molar-refractivity contribution in [3.8, 4) is 0 Å². The number of allylic oxidation sites excluding steroid dienone is 2. The summed E-state index contributed by atoms with van der Waals surface area (Å²) in [7, 11) is 0. The molecular weight excluding hydrogens is 267 g/mol. The quantitative estimate of drug-likeness (QED) is 0.305. The first-order valence-corrected chi connectivity index (χ1v) is 8.68. The monoisotopic (exact) mass is 299 g/mol. The van der Waals surface area contributed by atoms with Gasteiger partial charge in [0.2, 0.25) is 0 Å². The molecule has 0 rings (SSSR count). The van der Waals surface area contributed by atoms with Gasteiger partial charge in [-0.05, 0) is 44.9 Å². The fourth-order valence-electron chi connectivity index (χ4n) is 2.36. The molecule has 0 bridgehead atoms. The molecule has 0 N–H and O–H groups in total. The molecule has 0 aliphatic heterocycles. The van der Waals surface area contributed by atoms with Crippen LogP contribution in [0.2, 0.25) is 0 Å². The highest BCUT2D eigenvalue weighted by molar-refractivity contribution is 5.63. The van der Waals surface area contributed by atoms with E-state index in [1.807, 2.05) is 0 Å². The van der Waals surface area contributed by atoms with Crippen molar-refractivity contribution in [1.29, 1.82) is 0 Å². The summed E-state index contributed by atoms with van der Waals surface area (Å²) in [5.74, 6) is -0.930. The molecule has 0 aromatic rings. The molecule has 0 atom stereocenters. The SMILES string of the molecule is O=C([O-])CCCCCCC/C=C\CCCCCCCCF. The van der Waals surface area contributed by atoms with E-state index < -0.39 is 5.97 Å². The lowest BCUT2D eigenvalue weighted by Crippen LogP contribution is -2.21. The van der Waals surface area contributed by atoms with Crippen LogP contribution in [-0.4, -0.2) is 12.6 Å². The second kappa shape index (κ2) is 17.2. The minimum atomic E-state index is -0.930. The average molecular weight is 299 g/mol. The lowest BCUT2D eigenvalue weighted by Gasteiger charge is -2.01. The maximum absolute atomic E-state index is 11.9. The van der Waals surface area contributed by atoms with Crippen molar-refractivity contribution in [3.05, 3.63) is 12.2 Å². The fourth-order valence-corrected chi connectivity index (χ4v) is 2.36. The van der Waals surface area contributed by atoms with Gasteiger partial charge < -0.3 is 9.90 Å². The van der Waals surface area contributed by atoms with Gasteiger partial charge >= 0.3 is 0 Å². The van der Waals surface area contributed by atoms with Crippen LogP contribution in [0.25, 0.3) is 0 Å². The Morgan fingerprint density at radius 2 is 1.14 bits per heavy atom. The van der Waals surface area contributed by atoms with Crippen molar-refractivity contribution in [2.24, 2.45) is 0 Å². The fraction of sp³-hybridized carbons (Fsp3) is 0.833. The lowest BCUT2D eigenvalue weighted by molar-refractivity contribution is -0.305. The van der Waals surface area contributed by atoms with E-state index >= 15 is 0 Å². The summed E-state index contributed by atoms with van der Waals surface area (Å²) in [6.45, 7) is -0.167. The molecule has 0 amide bonds. The van der Waals surface area contributed by atoms with Gasteiger partial charge in [-0.2, -0.15) is 0 Å². The number of hydrogen-bond acceptors (Lipinski definition) is 2. The van der Waals surface area contributed by atoms with Gasteiger partial charge in [0.05, 0.1) is 6.67 Å². The minimum Gasteiger partial charge on any atom is -0.550 e. The van der Waals surface area contributed by atoms with Crippen LogP contribution in [0.5, 0.6) is 0 Å². The smallest absolute Gasteiger partial charge is 0.0894 e. The number of carboxylic acids is 1. The number of aliphatic carboxylic acids is 1. The molecular formula is C18H32FO2-. The Bertz CT molecular complexity index is 252. The van der Waals surface area contributed by atoms with Crippen LogP contribution < -0.4 is 5.11 Å². The average Bonchev–Trinajstić information content (AvgIpc) is 2.46. The van der Waals surface area contributed by atoms with Gasteiger partial charge in [0.25, 0.3) is 0 Å². The molecule has 0 aliphatic rings. The van der Waals surface area contributed by atoms with E-state index in [0.717, 1.165) is 44.9 Å². The second-order valence-corrected chi connectivity index (χ2v) is 5.75. The van der Waals surface area contributed by atoms with Crippen molar-refractivity contribution in [2.45, 2.75) is 89.9 Å². The maximum atomic E-state index is 11.9. The predicted molar refractivity (Wildman–Crippen MR) is 84.8 cm³/mol. The molecule has 21 heavy (non-hydrogen) atoms. The van der Waals surface area contributed by atoms with Crippen LogP contribution >= 0.6 is 0 Å². The normalized spacial score (nSPS) is 11.3. The summed E-state index contributed by atoms with van der Waals surface area (Å²) in [6.07, 6.45) is 19.0. The number of carboxylic acid groups (broad SMARTS) is 1. The molecule has 0 fully saturated rings. The van der Waals surface area contributed by atoms with Gasteiger partial charge in [0, 0.05) is 5.97 Å². The highest BCUT2D eigenvalue weighted by Crippen LogP contribution is 2.09. The number of unbranched alkanes of at least 4 members (excludes halogenated alkanes) is 11. The summed E-state index contributed by atoms with van der Waals surface area (Å²) in [5, 5.41) is 10.2. The molecule has 0 saturated carbocycles. The van der Waals surface area contributed by atoms with E-state index in [4.69, 9.17) is 0 Å². The van der Waals surface area contributed by atoms with Gasteiger partial charge in [-0.1, -0.05) is 57.1 Å². The molecule has 0 saturated heterocycles. The summed E-state index contributed by atoms with van der Waals surface area (Å²) in [4.78, 5) is 10.2. The van der Waals surface area contributed by atoms with Crippen molar-refractivity contribution in [1.82, 2.24) is 0 Å². The summed E-state index contributed by atoms with van der Waals surface area (Å²) >= 11 is 0. The highest BCUT2D eigenvalue weighted by atomic mass is 19.1. The first kappa shape index (κ1) is 20.1. The Hall–Kier alpha value is -0.860. The first-order chi connectivity index (χ1) is 10.3. The largest absolute Gasteiger partial charge is 0.550 e. The minimum absolute atomic E-state index is 0.167. The number of halogens is 1. The Kier molecular flexibility index (Phi) is 16.5. The van der Waals surface area contributed by atoms with Gasteiger partial charge in [-0.3, -0.25) is 4.39 Å². The van der Waals surface area contributed by atoms with E-state index in [-0.39, 0.29) is 13.1 Å². The van der Waals surface area contributed by atoms with Crippen LogP contribution in [0.1, 0.15) is 89.9 Å². The van der Waals surface area contributed by atoms with E-state index in [1.54, 1.807) is 0 Å². The molecule has 3 heteroatoms. The predicted octanol–water partition coefficient (Wildman–Crippen LogP) is 4.72. The zero-order chi connectivity index (χ0) is 15.6. The number of hydrogen-bond donors (Lipinski definition) is 0. The molecule has 0 unspecified atom stereocenters. The van der Waals surface area contributed by atoms with Crippen LogP contribution in [0.4, 0.5) is 4.39 Å². The lowest BCUT2D eigenvalue weighted by atomic mass is 10.1. The summed E-state index contributed by atoms with van der Waals surface area (Å²) in [5.41, 5.74) is 0. The standard InChI is InChI=1S/C18H33FO2/c19-17-15-13-11-9-7-5-3-1-2-4-6-8-10-12-14-16-18(20)21/h1-2H,3-17H2,(H,20,21)/p-1/b2-1-. The van der Waals surface area contributed by atoms with E-state index in [0.29, 0.717) is 0 Å². The molecule has 0 aromatic heterocycles. The summed E-state index contributed by atoms with van der Waals surface area (Å²) in [6, 6.07) is 0.